The number of rotatable bonds is 11. The van der Waals surface area contributed by atoms with Gasteiger partial charge in [-0.3, -0.25) is 0 Å². The minimum Gasteiger partial charge on any atom is -0.497 e. The minimum atomic E-state index is -2.15. The Labute approximate surface area is 259 Å². The second kappa shape index (κ2) is 12.8. The van der Waals surface area contributed by atoms with Gasteiger partial charge in [0.15, 0.2) is 19.6 Å². The van der Waals surface area contributed by atoms with Crippen molar-refractivity contribution in [3.8, 4) is 23.0 Å². The van der Waals surface area contributed by atoms with Crippen LogP contribution >= 0.6 is 0 Å². The van der Waals surface area contributed by atoms with Crippen LogP contribution in [0.3, 0.4) is 0 Å². The normalized spacial score (nSPS) is 12.0. The lowest BCUT2D eigenvalue weighted by molar-refractivity contribution is 0.272. The van der Waals surface area contributed by atoms with Gasteiger partial charge < -0.3 is 27.8 Å². The summed E-state index contributed by atoms with van der Waals surface area (Å²) in [4.78, 5) is 13.8. The highest BCUT2D eigenvalue weighted by Gasteiger charge is 2.37. The van der Waals surface area contributed by atoms with Crippen LogP contribution in [0.5, 0.6) is 23.0 Å². The van der Waals surface area contributed by atoms with Crippen molar-refractivity contribution in [3.05, 3.63) is 106 Å². The SMILES string of the molecule is COc1cc(OCc2ccccc2)c2c(=O)oc3c(OCc4ccccc4)c(OC)cc(CO[Si](C)(C)C(C)(C)C)c3c2c1. The highest BCUT2D eigenvalue weighted by Crippen LogP contribution is 2.44. The summed E-state index contributed by atoms with van der Waals surface area (Å²) in [5, 5.41) is 1.63. The topological polar surface area (TPSA) is 76.4 Å². The summed E-state index contributed by atoms with van der Waals surface area (Å²) in [6.07, 6.45) is 0. The average molecular weight is 613 g/mol. The van der Waals surface area contributed by atoms with E-state index in [1.165, 1.54) is 0 Å². The van der Waals surface area contributed by atoms with Gasteiger partial charge in [-0.15, -0.1) is 0 Å². The van der Waals surface area contributed by atoms with Gasteiger partial charge in [-0.05, 0) is 47.0 Å². The first kappa shape index (κ1) is 31.2. The molecule has 5 rings (SSSR count). The summed E-state index contributed by atoms with van der Waals surface area (Å²) >= 11 is 0. The molecule has 7 nitrogen and oxygen atoms in total. The van der Waals surface area contributed by atoms with E-state index in [0.717, 1.165) is 16.7 Å². The Morgan fingerprint density at radius 3 is 1.91 bits per heavy atom. The number of hydrogen-bond donors (Lipinski definition) is 0. The summed E-state index contributed by atoms with van der Waals surface area (Å²) in [6.45, 7) is 11.9. The molecule has 0 amide bonds. The lowest BCUT2D eigenvalue weighted by Gasteiger charge is -2.36. The van der Waals surface area contributed by atoms with Crippen molar-refractivity contribution in [2.45, 2.75) is 58.7 Å². The molecule has 0 fully saturated rings. The second-order valence-electron chi connectivity index (χ2n) is 12.3. The molecule has 1 aromatic heterocycles. The van der Waals surface area contributed by atoms with Gasteiger partial charge >= 0.3 is 5.63 Å². The summed E-state index contributed by atoms with van der Waals surface area (Å²) < 4.78 is 36.9. The third-order valence-corrected chi connectivity index (χ3v) is 12.8. The van der Waals surface area contributed by atoms with Gasteiger partial charge in [0.05, 0.1) is 20.8 Å². The maximum Gasteiger partial charge on any atom is 0.348 e. The van der Waals surface area contributed by atoms with E-state index in [9.17, 15) is 4.79 Å². The molecule has 0 aliphatic carbocycles. The Balaban J connectivity index is 1.73. The second-order valence-corrected chi connectivity index (χ2v) is 17.1. The van der Waals surface area contributed by atoms with Gasteiger partial charge in [-0.25, -0.2) is 4.79 Å². The molecule has 230 valence electrons. The molecule has 4 aromatic carbocycles. The predicted octanol–water partition coefficient (Wildman–Crippen LogP) is 8.64. The summed E-state index contributed by atoms with van der Waals surface area (Å²) in [6, 6.07) is 25.1. The van der Waals surface area contributed by atoms with Crippen LogP contribution in [0, 0.1) is 0 Å². The zero-order valence-electron chi connectivity index (χ0n) is 26.5. The Morgan fingerprint density at radius 2 is 1.34 bits per heavy atom. The van der Waals surface area contributed by atoms with Crippen LogP contribution < -0.4 is 24.6 Å². The van der Waals surface area contributed by atoms with E-state index in [1.807, 2.05) is 72.8 Å². The van der Waals surface area contributed by atoms with Gasteiger partial charge in [-0.1, -0.05) is 81.4 Å². The molecule has 0 N–H and O–H groups in total. The Morgan fingerprint density at radius 1 is 0.727 bits per heavy atom. The predicted molar refractivity (Wildman–Crippen MR) is 177 cm³/mol. The molecule has 5 aromatic rings. The molecule has 8 heteroatoms. The molecular weight excluding hydrogens is 572 g/mol. The molecule has 0 aliphatic heterocycles. The highest BCUT2D eigenvalue weighted by atomic mass is 28.4. The number of benzene rings is 4. The number of hydrogen-bond acceptors (Lipinski definition) is 7. The lowest BCUT2D eigenvalue weighted by atomic mass is 10.0. The van der Waals surface area contributed by atoms with Crippen LogP contribution in [0.25, 0.3) is 21.7 Å². The van der Waals surface area contributed by atoms with Crippen molar-refractivity contribution in [2.75, 3.05) is 14.2 Å². The maximum atomic E-state index is 13.8. The Bertz CT molecular complexity index is 1810. The maximum absolute atomic E-state index is 13.8. The van der Waals surface area contributed by atoms with Crippen molar-refractivity contribution in [1.82, 2.24) is 0 Å². The highest BCUT2D eigenvalue weighted by molar-refractivity contribution is 6.74. The molecule has 1 heterocycles. The molecule has 0 unspecified atom stereocenters. The van der Waals surface area contributed by atoms with Gasteiger partial charge in [0.25, 0.3) is 0 Å². The molecular formula is C36H40O7Si. The molecule has 0 saturated carbocycles. The summed E-state index contributed by atoms with van der Waals surface area (Å²) in [7, 11) is 1.02. The first-order valence-electron chi connectivity index (χ1n) is 14.7. The van der Waals surface area contributed by atoms with Gasteiger partial charge in [-0.2, -0.15) is 0 Å². The van der Waals surface area contributed by atoms with Crippen LogP contribution in [-0.4, -0.2) is 22.5 Å². The van der Waals surface area contributed by atoms with Crippen LogP contribution in [-0.2, 0) is 24.2 Å². The van der Waals surface area contributed by atoms with E-state index in [-0.39, 0.29) is 23.8 Å². The standard InChI is InChI=1S/C36H40O7Si/c1-36(2,3)44(6,7)42-23-26-18-30(39-5)33(41-22-25-16-12-9-13-17-25)34-31(26)28-19-27(38-4)20-29(32(28)35(37)43-34)40-21-24-14-10-8-11-15-24/h8-20H,21-23H2,1-7H3. The average Bonchev–Trinajstić information content (AvgIpc) is 3.01. The van der Waals surface area contributed by atoms with Gasteiger partial charge in [0, 0.05) is 16.8 Å². The van der Waals surface area contributed by atoms with Crippen molar-refractivity contribution in [3.63, 3.8) is 0 Å². The zero-order valence-corrected chi connectivity index (χ0v) is 27.5. The first-order valence-corrected chi connectivity index (χ1v) is 17.6. The molecule has 0 radical (unpaired) electrons. The quantitative estimate of drug-likeness (QED) is 0.0839. The fourth-order valence-electron chi connectivity index (χ4n) is 4.78. The third-order valence-electron chi connectivity index (χ3n) is 8.34. The third kappa shape index (κ3) is 6.46. The lowest BCUT2D eigenvalue weighted by Crippen LogP contribution is -2.40. The van der Waals surface area contributed by atoms with Crippen molar-refractivity contribution < 1.29 is 27.8 Å². The first-order chi connectivity index (χ1) is 21.0. The van der Waals surface area contributed by atoms with Gasteiger partial charge in [0.1, 0.15) is 30.1 Å². The number of ether oxygens (including phenoxy) is 4. The van der Waals surface area contributed by atoms with Crippen LogP contribution in [0.1, 0.15) is 37.5 Å². The molecule has 0 aliphatic rings. The van der Waals surface area contributed by atoms with E-state index >= 15 is 0 Å². The van der Waals surface area contributed by atoms with Crippen molar-refractivity contribution in [2.24, 2.45) is 0 Å². The van der Waals surface area contributed by atoms with Crippen molar-refractivity contribution in [1.29, 1.82) is 0 Å². The Hall–Kier alpha value is -4.27. The Kier molecular flexibility index (Phi) is 9.04. The molecule has 44 heavy (non-hydrogen) atoms. The smallest absolute Gasteiger partial charge is 0.348 e. The van der Waals surface area contributed by atoms with Crippen LogP contribution in [0.2, 0.25) is 18.1 Å². The molecule has 0 saturated heterocycles. The van der Waals surface area contributed by atoms with Crippen LogP contribution in [0.4, 0.5) is 0 Å². The number of methoxy groups -OCH3 is 2. The number of fused-ring (bicyclic) bond motifs is 3. The monoisotopic (exact) mass is 612 g/mol. The fraction of sp³-hybridized carbons (Fsp3) is 0.306. The largest absolute Gasteiger partial charge is 0.497 e. The van der Waals surface area contributed by atoms with E-state index in [0.29, 0.717) is 45.8 Å². The van der Waals surface area contributed by atoms with E-state index < -0.39 is 13.9 Å². The van der Waals surface area contributed by atoms with Crippen molar-refractivity contribution >= 4 is 30.1 Å². The van der Waals surface area contributed by atoms with E-state index in [1.54, 1.807) is 20.3 Å². The van der Waals surface area contributed by atoms with Gasteiger partial charge in [0.2, 0.25) is 5.75 Å². The minimum absolute atomic E-state index is 0.00191. The molecule has 0 spiro atoms. The molecule has 0 atom stereocenters. The fourth-order valence-corrected chi connectivity index (χ4v) is 5.72. The molecule has 0 bridgehead atoms. The summed E-state index contributed by atoms with van der Waals surface area (Å²) in [5.74, 6) is 1.72. The van der Waals surface area contributed by atoms with Crippen LogP contribution in [0.15, 0.2) is 88.1 Å². The zero-order chi connectivity index (χ0) is 31.5. The summed E-state index contributed by atoms with van der Waals surface area (Å²) in [5.41, 5.74) is 2.49. The van der Waals surface area contributed by atoms with E-state index in [2.05, 4.69) is 33.9 Å². The van der Waals surface area contributed by atoms with E-state index in [4.69, 9.17) is 27.8 Å².